The van der Waals surface area contributed by atoms with Crippen LogP contribution in [0.3, 0.4) is 0 Å². The van der Waals surface area contributed by atoms with Gasteiger partial charge in [0.05, 0.1) is 12.4 Å². The van der Waals surface area contributed by atoms with E-state index in [0.717, 1.165) is 39.1 Å². The molecule has 2 aromatic rings. The van der Waals surface area contributed by atoms with Crippen molar-refractivity contribution in [3.63, 3.8) is 0 Å². The third kappa shape index (κ3) is 3.23. The maximum Gasteiger partial charge on any atom is 0.225 e. The van der Waals surface area contributed by atoms with E-state index in [2.05, 4.69) is 37.3 Å². The van der Waals surface area contributed by atoms with Crippen molar-refractivity contribution in [2.45, 2.75) is 25.8 Å². The summed E-state index contributed by atoms with van der Waals surface area (Å²) >= 11 is 1.84. The van der Waals surface area contributed by atoms with Gasteiger partial charge in [-0.2, -0.15) is 0 Å². The van der Waals surface area contributed by atoms with Crippen molar-refractivity contribution in [1.29, 1.82) is 0 Å². The van der Waals surface area contributed by atoms with E-state index < -0.39 is 0 Å². The van der Waals surface area contributed by atoms with Crippen LogP contribution >= 0.6 is 11.3 Å². The molecule has 2 saturated heterocycles. The van der Waals surface area contributed by atoms with E-state index in [4.69, 9.17) is 0 Å². The van der Waals surface area contributed by atoms with Gasteiger partial charge < -0.3 is 4.90 Å². The van der Waals surface area contributed by atoms with Crippen LogP contribution in [-0.4, -0.2) is 41.0 Å². The summed E-state index contributed by atoms with van der Waals surface area (Å²) in [6, 6.07) is 4.34. The Kier molecular flexibility index (Phi) is 4.03. The molecule has 1 spiro atoms. The molecular formula is C17H21FN4S. The number of hydrogen-bond acceptors (Lipinski definition) is 5. The van der Waals surface area contributed by atoms with E-state index in [0.29, 0.717) is 11.4 Å². The van der Waals surface area contributed by atoms with Gasteiger partial charge in [-0.25, -0.2) is 14.4 Å². The Bertz CT molecular complexity index is 645. The zero-order valence-corrected chi connectivity index (χ0v) is 13.9. The Labute approximate surface area is 140 Å². The molecule has 0 bridgehead atoms. The number of anilines is 1. The Balaban J connectivity index is 1.43. The monoisotopic (exact) mass is 332 g/mol. The number of thiophene rings is 1. The summed E-state index contributed by atoms with van der Waals surface area (Å²) in [7, 11) is 0. The first-order valence-corrected chi connectivity index (χ1v) is 9.08. The highest BCUT2D eigenvalue weighted by Gasteiger charge is 2.41. The second-order valence-corrected chi connectivity index (χ2v) is 7.80. The van der Waals surface area contributed by atoms with E-state index in [9.17, 15) is 4.39 Å². The molecule has 6 heteroatoms. The van der Waals surface area contributed by atoms with Gasteiger partial charge >= 0.3 is 0 Å². The van der Waals surface area contributed by atoms with Crippen LogP contribution in [0, 0.1) is 11.2 Å². The van der Waals surface area contributed by atoms with Gasteiger partial charge in [-0.05, 0) is 37.3 Å². The van der Waals surface area contributed by atoms with Crippen molar-refractivity contribution < 1.29 is 4.39 Å². The van der Waals surface area contributed by atoms with Crippen molar-refractivity contribution in [1.82, 2.24) is 14.9 Å². The van der Waals surface area contributed by atoms with Crippen LogP contribution in [0.5, 0.6) is 0 Å². The summed E-state index contributed by atoms with van der Waals surface area (Å²) in [6.45, 7) is 5.32. The van der Waals surface area contributed by atoms with Crippen molar-refractivity contribution in [3.05, 3.63) is 40.6 Å². The van der Waals surface area contributed by atoms with Crippen molar-refractivity contribution in [2.24, 2.45) is 5.41 Å². The Morgan fingerprint density at radius 3 is 2.83 bits per heavy atom. The predicted octanol–water partition coefficient (Wildman–Crippen LogP) is 3.17. The lowest BCUT2D eigenvalue weighted by atomic mass is 9.79. The largest absolute Gasteiger partial charge is 0.340 e. The lowest BCUT2D eigenvalue weighted by molar-refractivity contribution is 0.216. The topological polar surface area (TPSA) is 32.3 Å². The molecule has 4 heterocycles. The van der Waals surface area contributed by atoms with Crippen LogP contribution < -0.4 is 4.90 Å². The molecule has 2 aromatic heterocycles. The van der Waals surface area contributed by atoms with Gasteiger partial charge in [0.2, 0.25) is 5.95 Å². The summed E-state index contributed by atoms with van der Waals surface area (Å²) in [5, 5.41) is 2.15. The maximum absolute atomic E-state index is 13.0. The average molecular weight is 332 g/mol. The molecule has 0 saturated carbocycles. The van der Waals surface area contributed by atoms with Crippen molar-refractivity contribution >= 4 is 17.3 Å². The third-order valence-corrected chi connectivity index (χ3v) is 5.89. The summed E-state index contributed by atoms with van der Waals surface area (Å²) < 4.78 is 13.0. The van der Waals surface area contributed by atoms with E-state index in [1.165, 1.54) is 30.1 Å². The fourth-order valence-electron chi connectivity index (χ4n) is 3.97. The quantitative estimate of drug-likeness (QED) is 0.864. The van der Waals surface area contributed by atoms with Crippen LogP contribution in [0.25, 0.3) is 0 Å². The molecule has 2 fully saturated rings. The van der Waals surface area contributed by atoms with Crippen LogP contribution in [0.2, 0.25) is 0 Å². The van der Waals surface area contributed by atoms with E-state index in [1.54, 1.807) is 0 Å². The zero-order chi connectivity index (χ0) is 15.7. The SMILES string of the molecule is Fc1cnc(N2CCCC3(CCN(Cc4cccs4)C3)C2)nc1. The van der Waals surface area contributed by atoms with E-state index >= 15 is 0 Å². The van der Waals surface area contributed by atoms with Gasteiger partial charge in [0, 0.05) is 36.5 Å². The molecular weight excluding hydrogens is 311 g/mol. The van der Waals surface area contributed by atoms with Gasteiger partial charge in [-0.3, -0.25) is 4.90 Å². The van der Waals surface area contributed by atoms with Crippen LogP contribution in [0.1, 0.15) is 24.1 Å². The number of likely N-dealkylation sites (tertiary alicyclic amines) is 1. The molecule has 1 unspecified atom stereocenters. The van der Waals surface area contributed by atoms with Gasteiger partial charge in [0.25, 0.3) is 0 Å². The summed E-state index contributed by atoms with van der Waals surface area (Å²) in [5.74, 6) is 0.297. The molecule has 0 N–H and O–H groups in total. The minimum atomic E-state index is -0.372. The molecule has 2 aliphatic rings. The van der Waals surface area contributed by atoms with Gasteiger partial charge in [0.15, 0.2) is 5.82 Å². The molecule has 0 aliphatic carbocycles. The van der Waals surface area contributed by atoms with Gasteiger partial charge in [-0.1, -0.05) is 6.07 Å². The highest BCUT2D eigenvalue weighted by molar-refractivity contribution is 7.09. The number of nitrogens with zero attached hydrogens (tertiary/aromatic N) is 4. The van der Waals surface area contributed by atoms with Crippen LogP contribution in [0.15, 0.2) is 29.9 Å². The predicted molar refractivity (Wildman–Crippen MR) is 90.1 cm³/mol. The van der Waals surface area contributed by atoms with Crippen LogP contribution in [0.4, 0.5) is 10.3 Å². The fraction of sp³-hybridized carbons (Fsp3) is 0.529. The molecule has 0 amide bonds. The zero-order valence-electron chi connectivity index (χ0n) is 13.1. The van der Waals surface area contributed by atoms with Crippen LogP contribution in [-0.2, 0) is 6.54 Å². The van der Waals surface area contributed by atoms with Crippen molar-refractivity contribution in [3.8, 4) is 0 Å². The minimum Gasteiger partial charge on any atom is -0.340 e. The lowest BCUT2D eigenvalue weighted by Gasteiger charge is -2.40. The Hall–Kier alpha value is -1.53. The Morgan fingerprint density at radius 1 is 1.17 bits per heavy atom. The molecule has 23 heavy (non-hydrogen) atoms. The average Bonchev–Trinajstić information content (AvgIpc) is 3.19. The highest BCUT2D eigenvalue weighted by Crippen LogP contribution is 2.40. The number of hydrogen-bond donors (Lipinski definition) is 0. The first-order chi connectivity index (χ1) is 11.2. The van der Waals surface area contributed by atoms with Crippen molar-refractivity contribution in [2.75, 3.05) is 31.1 Å². The molecule has 4 nitrogen and oxygen atoms in total. The third-order valence-electron chi connectivity index (χ3n) is 5.03. The fourth-order valence-corrected chi connectivity index (χ4v) is 4.71. The summed E-state index contributed by atoms with van der Waals surface area (Å²) in [5.41, 5.74) is 0.341. The van der Waals surface area contributed by atoms with E-state index in [1.807, 2.05) is 11.3 Å². The smallest absolute Gasteiger partial charge is 0.225 e. The van der Waals surface area contributed by atoms with E-state index in [-0.39, 0.29) is 5.82 Å². The Morgan fingerprint density at radius 2 is 2.04 bits per heavy atom. The highest BCUT2D eigenvalue weighted by atomic mass is 32.1. The number of piperidine rings is 1. The first kappa shape index (κ1) is 15.0. The second kappa shape index (κ2) is 6.17. The van der Waals surface area contributed by atoms with Gasteiger partial charge in [0.1, 0.15) is 0 Å². The first-order valence-electron chi connectivity index (χ1n) is 8.20. The normalized spacial score (nSPS) is 25.3. The summed E-state index contributed by atoms with van der Waals surface area (Å²) in [6.07, 6.45) is 6.19. The number of rotatable bonds is 3. The molecule has 4 rings (SSSR count). The number of aromatic nitrogens is 2. The molecule has 2 aliphatic heterocycles. The standard InChI is InChI=1S/C17H21FN4S/c18-14-9-19-16(20-10-14)22-6-2-4-17(13-22)5-7-21(12-17)11-15-3-1-8-23-15/h1,3,8-10H,2,4-7,11-13H2. The second-order valence-electron chi connectivity index (χ2n) is 6.77. The summed E-state index contributed by atoms with van der Waals surface area (Å²) in [4.78, 5) is 14.6. The molecule has 1 atom stereocenters. The minimum absolute atomic E-state index is 0.341. The maximum atomic E-state index is 13.0. The lowest BCUT2D eigenvalue weighted by Crippen LogP contribution is -2.45. The molecule has 0 aromatic carbocycles. The molecule has 122 valence electrons. The van der Waals surface area contributed by atoms with Gasteiger partial charge in [-0.15, -0.1) is 11.3 Å². The number of halogens is 1. The molecule has 0 radical (unpaired) electrons.